The average molecular weight is 330 g/mol. The van der Waals surface area contributed by atoms with E-state index in [-0.39, 0.29) is 5.91 Å². The molecule has 0 fully saturated rings. The SMILES string of the molecule is O=C(CSCc1csc(-c2ccco2)n1)Nc1ccccc1. The van der Waals surface area contributed by atoms with E-state index in [0.29, 0.717) is 11.5 Å². The Hall–Kier alpha value is -2.05. The minimum absolute atomic E-state index is 0.00214. The third kappa shape index (κ3) is 3.99. The normalized spacial score (nSPS) is 10.5. The van der Waals surface area contributed by atoms with E-state index in [2.05, 4.69) is 10.3 Å². The van der Waals surface area contributed by atoms with Gasteiger partial charge in [-0.2, -0.15) is 0 Å². The number of thioether (sulfide) groups is 1. The van der Waals surface area contributed by atoms with Crippen molar-refractivity contribution in [3.63, 3.8) is 0 Å². The summed E-state index contributed by atoms with van der Waals surface area (Å²) in [5.41, 5.74) is 1.79. The summed E-state index contributed by atoms with van der Waals surface area (Å²) in [5.74, 6) is 1.89. The minimum Gasteiger partial charge on any atom is -0.462 e. The van der Waals surface area contributed by atoms with Crippen LogP contribution in [0.1, 0.15) is 5.69 Å². The Labute approximate surface area is 136 Å². The summed E-state index contributed by atoms with van der Waals surface area (Å²) in [5, 5.41) is 5.73. The third-order valence-electron chi connectivity index (χ3n) is 2.82. The Morgan fingerprint density at radius 1 is 1.23 bits per heavy atom. The maximum Gasteiger partial charge on any atom is 0.234 e. The van der Waals surface area contributed by atoms with Crippen LogP contribution in [-0.4, -0.2) is 16.6 Å². The number of hydrogen-bond acceptors (Lipinski definition) is 5. The molecule has 0 saturated carbocycles. The monoisotopic (exact) mass is 330 g/mol. The summed E-state index contributed by atoms with van der Waals surface area (Å²) >= 11 is 3.10. The molecule has 2 aromatic heterocycles. The van der Waals surface area contributed by atoms with Gasteiger partial charge in [0.15, 0.2) is 10.8 Å². The van der Waals surface area contributed by atoms with Crippen molar-refractivity contribution in [2.24, 2.45) is 0 Å². The first-order chi connectivity index (χ1) is 10.8. The van der Waals surface area contributed by atoms with Crippen molar-refractivity contribution < 1.29 is 9.21 Å². The lowest BCUT2D eigenvalue weighted by atomic mass is 10.3. The zero-order valence-electron chi connectivity index (χ0n) is 11.7. The van der Waals surface area contributed by atoms with Crippen LogP contribution in [0.15, 0.2) is 58.5 Å². The van der Waals surface area contributed by atoms with Crippen molar-refractivity contribution >= 4 is 34.7 Å². The summed E-state index contributed by atoms with van der Waals surface area (Å²) in [6.45, 7) is 0. The van der Waals surface area contributed by atoms with Crippen LogP contribution >= 0.6 is 23.1 Å². The second-order valence-electron chi connectivity index (χ2n) is 4.53. The largest absolute Gasteiger partial charge is 0.462 e. The van der Waals surface area contributed by atoms with Gasteiger partial charge in [-0.05, 0) is 24.3 Å². The van der Waals surface area contributed by atoms with Gasteiger partial charge in [0.2, 0.25) is 5.91 Å². The van der Waals surface area contributed by atoms with E-state index in [1.54, 1.807) is 29.4 Å². The molecule has 22 heavy (non-hydrogen) atoms. The first kappa shape index (κ1) is 14.9. The van der Waals surface area contributed by atoms with Crippen LogP contribution in [-0.2, 0) is 10.5 Å². The molecule has 0 bridgehead atoms. The lowest BCUT2D eigenvalue weighted by Crippen LogP contribution is -2.13. The Kier molecular flexibility index (Phi) is 4.92. The Bertz CT molecular complexity index is 724. The van der Waals surface area contributed by atoms with Crippen molar-refractivity contribution in [2.75, 3.05) is 11.1 Å². The summed E-state index contributed by atoms with van der Waals surface area (Å²) in [6.07, 6.45) is 1.64. The van der Waals surface area contributed by atoms with Crippen molar-refractivity contribution in [3.8, 4) is 10.8 Å². The van der Waals surface area contributed by atoms with Gasteiger partial charge < -0.3 is 9.73 Å². The number of furan rings is 1. The van der Waals surface area contributed by atoms with E-state index in [0.717, 1.165) is 22.1 Å². The zero-order chi connectivity index (χ0) is 15.2. The second kappa shape index (κ2) is 7.29. The molecule has 1 amide bonds. The predicted octanol–water partition coefficient (Wildman–Crippen LogP) is 4.28. The molecule has 1 aromatic carbocycles. The fourth-order valence-electron chi connectivity index (χ4n) is 1.85. The molecule has 0 aliphatic carbocycles. The molecule has 6 heteroatoms. The highest BCUT2D eigenvalue weighted by molar-refractivity contribution is 7.99. The summed E-state index contributed by atoms with van der Waals surface area (Å²) in [7, 11) is 0. The number of para-hydroxylation sites is 1. The van der Waals surface area contributed by atoms with Crippen molar-refractivity contribution in [1.29, 1.82) is 0 Å². The molecule has 0 spiro atoms. The molecule has 3 rings (SSSR count). The van der Waals surface area contributed by atoms with Gasteiger partial charge in [0, 0.05) is 16.8 Å². The fraction of sp³-hybridized carbons (Fsp3) is 0.125. The van der Waals surface area contributed by atoms with Gasteiger partial charge in [-0.3, -0.25) is 4.79 Å². The van der Waals surface area contributed by atoms with Gasteiger partial charge in [0.25, 0.3) is 0 Å². The number of thiazole rings is 1. The molecule has 0 unspecified atom stereocenters. The Morgan fingerprint density at radius 2 is 2.09 bits per heavy atom. The number of aromatic nitrogens is 1. The van der Waals surface area contributed by atoms with Gasteiger partial charge in [0.05, 0.1) is 17.7 Å². The topological polar surface area (TPSA) is 55.1 Å². The first-order valence-electron chi connectivity index (χ1n) is 6.72. The van der Waals surface area contributed by atoms with Crippen molar-refractivity contribution in [1.82, 2.24) is 4.98 Å². The molecule has 0 saturated heterocycles. The van der Waals surface area contributed by atoms with Gasteiger partial charge >= 0.3 is 0 Å². The van der Waals surface area contributed by atoms with Gasteiger partial charge in [-0.25, -0.2) is 4.98 Å². The molecule has 3 aromatic rings. The smallest absolute Gasteiger partial charge is 0.234 e. The highest BCUT2D eigenvalue weighted by Crippen LogP contribution is 2.25. The van der Waals surface area contributed by atoms with Crippen LogP contribution in [0.3, 0.4) is 0 Å². The van der Waals surface area contributed by atoms with Crippen molar-refractivity contribution in [2.45, 2.75) is 5.75 Å². The van der Waals surface area contributed by atoms with Crippen LogP contribution in [0, 0.1) is 0 Å². The van der Waals surface area contributed by atoms with E-state index in [1.807, 2.05) is 47.8 Å². The molecular weight excluding hydrogens is 316 g/mol. The maximum absolute atomic E-state index is 11.8. The lowest BCUT2D eigenvalue weighted by molar-refractivity contribution is -0.113. The van der Waals surface area contributed by atoms with Gasteiger partial charge in [-0.15, -0.1) is 23.1 Å². The Morgan fingerprint density at radius 3 is 2.86 bits per heavy atom. The van der Waals surface area contributed by atoms with E-state index >= 15 is 0 Å². The summed E-state index contributed by atoms with van der Waals surface area (Å²) in [4.78, 5) is 16.3. The van der Waals surface area contributed by atoms with Crippen LogP contribution in [0.25, 0.3) is 10.8 Å². The van der Waals surface area contributed by atoms with Crippen LogP contribution in [0.2, 0.25) is 0 Å². The summed E-state index contributed by atoms with van der Waals surface area (Å²) < 4.78 is 5.32. The molecule has 2 heterocycles. The lowest BCUT2D eigenvalue weighted by Gasteiger charge is -2.03. The van der Waals surface area contributed by atoms with Gasteiger partial charge in [-0.1, -0.05) is 18.2 Å². The Balaban J connectivity index is 1.46. The number of rotatable bonds is 6. The first-order valence-corrected chi connectivity index (χ1v) is 8.75. The number of anilines is 1. The molecular formula is C16H14N2O2S2. The van der Waals surface area contributed by atoms with E-state index in [4.69, 9.17) is 4.42 Å². The van der Waals surface area contributed by atoms with E-state index in [9.17, 15) is 4.79 Å². The number of carbonyl (C=O) groups is 1. The quantitative estimate of drug-likeness (QED) is 0.733. The van der Waals surface area contributed by atoms with Crippen LogP contribution in [0.4, 0.5) is 5.69 Å². The van der Waals surface area contributed by atoms with E-state index < -0.39 is 0 Å². The molecule has 1 N–H and O–H groups in total. The number of nitrogens with zero attached hydrogens (tertiary/aromatic N) is 1. The van der Waals surface area contributed by atoms with Crippen LogP contribution < -0.4 is 5.32 Å². The molecule has 0 atom stereocenters. The molecule has 0 aliphatic rings. The van der Waals surface area contributed by atoms with Crippen molar-refractivity contribution in [3.05, 3.63) is 59.8 Å². The number of nitrogens with one attached hydrogen (secondary N) is 1. The third-order valence-corrected chi connectivity index (χ3v) is 4.70. The number of amides is 1. The fourth-order valence-corrected chi connectivity index (χ4v) is 3.46. The highest BCUT2D eigenvalue weighted by atomic mass is 32.2. The predicted molar refractivity (Wildman–Crippen MR) is 91.0 cm³/mol. The highest BCUT2D eigenvalue weighted by Gasteiger charge is 2.08. The minimum atomic E-state index is -0.00214. The average Bonchev–Trinajstić information content (AvgIpc) is 3.19. The standard InChI is InChI=1S/C16H14N2O2S2/c19-15(17-12-5-2-1-3-6-12)11-21-9-13-10-22-16(18-13)14-7-4-8-20-14/h1-8,10H,9,11H2,(H,17,19). The number of benzene rings is 1. The second-order valence-corrected chi connectivity index (χ2v) is 6.37. The zero-order valence-corrected chi connectivity index (χ0v) is 13.3. The number of hydrogen-bond donors (Lipinski definition) is 1. The molecule has 112 valence electrons. The molecule has 0 radical (unpaired) electrons. The maximum atomic E-state index is 11.8. The van der Waals surface area contributed by atoms with Gasteiger partial charge in [0.1, 0.15) is 0 Å². The van der Waals surface area contributed by atoms with E-state index in [1.165, 1.54) is 0 Å². The number of carbonyl (C=O) groups excluding carboxylic acids is 1. The molecule has 4 nitrogen and oxygen atoms in total. The van der Waals surface area contributed by atoms with Crippen LogP contribution in [0.5, 0.6) is 0 Å². The molecule has 0 aliphatic heterocycles. The summed E-state index contributed by atoms with van der Waals surface area (Å²) in [6, 6.07) is 13.2.